The van der Waals surface area contributed by atoms with Gasteiger partial charge in [-0.1, -0.05) is 45.2 Å². The van der Waals surface area contributed by atoms with Gasteiger partial charge in [-0.25, -0.2) is 0 Å². The van der Waals surface area contributed by atoms with E-state index in [0.29, 0.717) is 21.4 Å². The maximum Gasteiger partial charge on any atom is 0.265 e. The fraction of sp³-hybridized carbons (Fsp3) is 0.150. The molecule has 0 spiro atoms. The number of nitrogens with zero attached hydrogens (tertiary/aromatic N) is 2. The fourth-order valence-electron chi connectivity index (χ4n) is 2.69. The molecule has 9 heteroatoms. The lowest BCUT2D eigenvalue weighted by Crippen LogP contribution is -2.52. The SMILES string of the molecule is CN1C(=O)C(=Cc2cc(Br)ccc2OCc2ccc(Cl)cc2Cl)C(=O)N(C)C1=S. The molecule has 0 aliphatic carbocycles. The summed E-state index contributed by atoms with van der Waals surface area (Å²) in [5.74, 6) is -0.444. The molecule has 0 aromatic heterocycles. The third-order valence-electron chi connectivity index (χ3n) is 4.31. The van der Waals surface area contributed by atoms with E-state index in [0.717, 1.165) is 10.0 Å². The van der Waals surface area contributed by atoms with Gasteiger partial charge in [0, 0.05) is 39.7 Å². The molecule has 0 radical (unpaired) electrons. The minimum atomic E-state index is -0.468. The summed E-state index contributed by atoms with van der Waals surface area (Å²) in [6.45, 7) is 0.194. The molecule has 150 valence electrons. The van der Waals surface area contributed by atoms with E-state index >= 15 is 0 Å². The van der Waals surface area contributed by atoms with Gasteiger partial charge in [0.1, 0.15) is 17.9 Å². The highest BCUT2D eigenvalue weighted by Gasteiger charge is 2.35. The topological polar surface area (TPSA) is 49.9 Å². The molecule has 1 heterocycles. The van der Waals surface area contributed by atoms with E-state index in [1.165, 1.54) is 30.0 Å². The average Bonchev–Trinajstić information content (AvgIpc) is 2.68. The lowest BCUT2D eigenvalue weighted by atomic mass is 10.1. The molecule has 29 heavy (non-hydrogen) atoms. The Hall–Kier alpha value is -1.93. The van der Waals surface area contributed by atoms with Crippen LogP contribution in [-0.2, 0) is 16.2 Å². The van der Waals surface area contributed by atoms with Crippen LogP contribution >= 0.6 is 51.3 Å². The molecule has 1 saturated heterocycles. The van der Waals surface area contributed by atoms with Crippen LogP contribution in [0.5, 0.6) is 5.75 Å². The Labute approximate surface area is 192 Å². The molecule has 5 nitrogen and oxygen atoms in total. The Morgan fingerprint density at radius 3 is 2.34 bits per heavy atom. The standard InChI is InChI=1S/C20H15BrCl2N2O3S/c1-24-18(26)15(19(27)25(2)20(24)29)8-12-7-13(21)4-6-17(12)28-10-11-3-5-14(22)9-16(11)23/h3-9H,10H2,1-2H3. The summed E-state index contributed by atoms with van der Waals surface area (Å²) >= 11 is 20.7. The molecule has 1 aliphatic rings. The Morgan fingerprint density at radius 1 is 1.07 bits per heavy atom. The first-order valence-corrected chi connectivity index (χ1v) is 10.3. The van der Waals surface area contributed by atoms with Crippen LogP contribution in [0.2, 0.25) is 10.0 Å². The molecule has 1 aliphatic heterocycles. The highest BCUT2D eigenvalue weighted by atomic mass is 79.9. The van der Waals surface area contributed by atoms with Crippen molar-refractivity contribution in [1.29, 1.82) is 0 Å². The van der Waals surface area contributed by atoms with E-state index in [9.17, 15) is 9.59 Å². The zero-order valence-electron chi connectivity index (χ0n) is 15.4. The van der Waals surface area contributed by atoms with Crippen molar-refractivity contribution in [3.63, 3.8) is 0 Å². The average molecular weight is 514 g/mol. The third-order valence-corrected chi connectivity index (χ3v) is 5.94. The summed E-state index contributed by atoms with van der Waals surface area (Å²) in [4.78, 5) is 27.7. The van der Waals surface area contributed by atoms with Crippen LogP contribution < -0.4 is 4.74 Å². The van der Waals surface area contributed by atoms with E-state index in [-0.39, 0.29) is 17.3 Å². The number of halogens is 3. The summed E-state index contributed by atoms with van der Waals surface area (Å²) in [6.07, 6.45) is 1.50. The highest BCUT2D eigenvalue weighted by Crippen LogP contribution is 2.29. The normalized spacial score (nSPS) is 14.5. The van der Waals surface area contributed by atoms with Gasteiger partial charge in [0.15, 0.2) is 5.11 Å². The molecule has 0 bridgehead atoms. The van der Waals surface area contributed by atoms with E-state index in [1.54, 1.807) is 36.4 Å². The molecule has 3 rings (SSSR count). The van der Waals surface area contributed by atoms with Gasteiger partial charge in [-0.05, 0) is 48.6 Å². The van der Waals surface area contributed by atoms with Crippen molar-refractivity contribution in [1.82, 2.24) is 9.80 Å². The zero-order valence-corrected chi connectivity index (χ0v) is 19.3. The van der Waals surface area contributed by atoms with Gasteiger partial charge in [0.05, 0.1) is 0 Å². The summed E-state index contributed by atoms with van der Waals surface area (Å²) in [7, 11) is 3.06. The molecular weight excluding hydrogens is 499 g/mol. The summed E-state index contributed by atoms with van der Waals surface area (Å²) in [6, 6.07) is 10.5. The maximum atomic E-state index is 12.6. The zero-order chi connectivity index (χ0) is 21.3. The predicted octanol–water partition coefficient (Wildman–Crippen LogP) is 4.93. The highest BCUT2D eigenvalue weighted by molar-refractivity contribution is 9.10. The molecule has 2 aromatic carbocycles. The van der Waals surface area contributed by atoms with Crippen LogP contribution in [0, 0.1) is 0 Å². The number of ether oxygens (including phenoxy) is 1. The maximum absolute atomic E-state index is 12.6. The van der Waals surface area contributed by atoms with E-state index < -0.39 is 11.8 Å². The van der Waals surface area contributed by atoms with Gasteiger partial charge in [-0.3, -0.25) is 19.4 Å². The second kappa shape index (κ2) is 8.83. The van der Waals surface area contributed by atoms with Crippen LogP contribution in [0.4, 0.5) is 0 Å². The largest absolute Gasteiger partial charge is 0.488 e. The van der Waals surface area contributed by atoms with Gasteiger partial charge in [0.2, 0.25) is 0 Å². The minimum absolute atomic E-state index is 0.00363. The lowest BCUT2D eigenvalue weighted by Gasteiger charge is -2.31. The van der Waals surface area contributed by atoms with Crippen LogP contribution in [0.15, 0.2) is 46.4 Å². The molecule has 1 fully saturated rings. The lowest BCUT2D eigenvalue weighted by molar-refractivity contribution is -0.132. The fourth-order valence-corrected chi connectivity index (χ4v) is 3.70. The number of carbonyl (C=O) groups excluding carboxylic acids is 2. The van der Waals surface area contributed by atoms with Crippen molar-refractivity contribution in [3.05, 3.63) is 67.6 Å². The number of benzene rings is 2. The number of likely N-dealkylation sites (N-methyl/N-ethyl adjacent to an activating group) is 2. The number of hydrogen-bond donors (Lipinski definition) is 0. The van der Waals surface area contributed by atoms with Crippen LogP contribution in [0.25, 0.3) is 6.08 Å². The smallest absolute Gasteiger partial charge is 0.265 e. The van der Waals surface area contributed by atoms with Crippen molar-refractivity contribution >= 4 is 74.4 Å². The number of rotatable bonds is 4. The molecule has 0 atom stereocenters. The first kappa shape index (κ1) is 21.8. The Balaban J connectivity index is 1.94. The van der Waals surface area contributed by atoms with Gasteiger partial charge in [-0.15, -0.1) is 0 Å². The second-order valence-electron chi connectivity index (χ2n) is 6.28. The molecule has 0 saturated carbocycles. The number of thiocarbonyl (C=S) groups is 1. The van der Waals surface area contributed by atoms with E-state index in [2.05, 4.69) is 15.9 Å². The number of carbonyl (C=O) groups is 2. The molecule has 2 amide bonds. The first-order valence-electron chi connectivity index (χ1n) is 8.37. The van der Waals surface area contributed by atoms with Crippen molar-refractivity contribution in [2.45, 2.75) is 6.61 Å². The van der Waals surface area contributed by atoms with Crippen molar-refractivity contribution in [2.75, 3.05) is 14.1 Å². The van der Waals surface area contributed by atoms with Crippen LogP contribution in [0.1, 0.15) is 11.1 Å². The Bertz CT molecular complexity index is 1030. The Morgan fingerprint density at radius 2 is 1.72 bits per heavy atom. The Kier molecular flexibility index (Phi) is 6.63. The van der Waals surface area contributed by atoms with Crippen LogP contribution in [-0.4, -0.2) is 40.8 Å². The monoisotopic (exact) mass is 512 g/mol. The number of hydrogen-bond acceptors (Lipinski definition) is 4. The summed E-state index contributed by atoms with van der Waals surface area (Å²) in [5.41, 5.74) is 1.32. The molecule has 0 unspecified atom stereocenters. The first-order chi connectivity index (χ1) is 13.7. The molecular formula is C20H15BrCl2N2O3S. The molecule has 2 aromatic rings. The van der Waals surface area contributed by atoms with Gasteiger partial charge in [-0.2, -0.15) is 0 Å². The quantitative estimate of drug-likeness (QED) is 0.330. The third kappa shape index (κ3) is 4.64. The minimum Gasteiger partial charge on any atom is -0.488 e. The van der Waals surface area contributed by atoms with Crippen LogP contribution in [0.3, 0.4) is 0 Å². The van der Waals surface area contributed by atoms with Gasteiger partial charge < -0.3 is 4.74 Å². The van der Waals surface area contributed by atoms with E-state index in [4.69, 9.17) is 40.2 Å². The predicted molar refractivity (Wildman–Crippen MR) is 121 cm³/mol. The number of amides is 2. The summed E-state index contributed by atoms with van der Waals surface area (Å²) in [5, 5.41) is 1.18. The molecule has 0 N–H and O–H groups in total. The summed E-state index contributed by atoms with van der Waals surface area (Å²) < 4.78 is 6.69. The second-order valence-corrected chi connectivity index (χ2v) is 8.40. The van der Waals surface area contributed by atoms with Crippen molar-refractivity contribution < 1.29 is 14.3 Å². The van der Waals surface area contributed by atoms with Crippen molar-refractivity contribution in [3.8, 4) is 5.75 Å². The van der Waals surface area contributed by atoms with Gasteiger partial charge in [0.25, 0.3) is 11.8 Å². The van der Waals surface area contributed by atoms with Gasteiger partial charge >= 0.3 is 0 Å². The van der Waals surface area contributed by atoms with Crippen molar-refractivity contribution in [2.24, 2.45) is 0 Å². The van der Waals surface area contributed by atoms with E-state index in [1.807, 2.05) is 0 Å².